The summed E-state index contributed by atoms with van der Waals surface area (Å²) in [5.74, 6) is 0.810. The second-order valence-corrected chi connectivity index (χ2v) is 6.78. The fourth-order valence-corrected chi connectivity index (χ4v) is 3.05. The van der Waals surface area contributed by atoms with Gasteiger partial charge in [0.05, 0.1) is 26.4 Å². The Labute approximate surface area is 135 Å². The van der Waals surface area contributed by atoms with Crippen LogP contribution in [0.1, 0.15) is 19.4 Å². The van der Waals surface area contributed by atoms with Gasteiger partial charge in [0.25, 0.3) is 0 Å². The van der Waals surface area contributed by atoms with Crippen molar-refractivity contribution in [3.63, 3.8) is 0 Å². The number of halogens is 1. The summed E-state index contributed by atoms with van der Waals surface area (Å²) in [5.41, 5.74) is 0.773. The molecule has 0 spiro atoms. The average Bonchev–Trinajstić information content (AvgIpc) is 2.50. The van der Waals surface area contributed by atoms with Crippen LogP contribution in [-0.2, 0) is 11.2 Å². The molecule has 21 heavy (non-hydrogen) atoms. The van der Waals surface area contributed by atoms with Crippen molar-refractivity contribution in [1.82, 2.24) is 4.90 Å². The molecule has 0 saturated carbocycles. The van der Waals surface area contributed by atoms with Gasteiger partial charge in [-0.1, -0.05) is 15.9 Å². The van der Waals surface area contributed by atoms with E-state index in [1.165, 1.54) is 0 Å². The lowest BCUT2D eigenvalue weighted by atomic mass is 9.89. The average molecular weight is 358 g/mol. The van der Waals surface area contributed by atoms with Crippen molar-refractivity contribution in [1.29, 1.82) is 0 Å². The van der Waals surface area contributed by atoms with Crippen LogP contribution in [0.15, 0.2) is 22.7 Å². The number of hydrogen-bond donors (Lipinski definition) is 1. The molecule has 0 aliphatic carbocycles. The lowest BCUT2D eigenvalue weighted by Crippen LogP contribution is -2.56. The standard InChI is InChI=1S/C16H24BrNO3/c1-16(2,18-6-8-21-9-7-18)15(19)11-12-10-13(20-3)4-5-14(12)17/h4-5,10,15,19H,6-9,11H2,1-3H3. The van der Waals surface area contributed by atoms with Crippen LogP contribution in [0.5, 0.6) is 5.75 Å². The molecule has 1 N–H and O–H groups in total. The van der Waals surface area contributed by atoms with Gasteiger partial charge in [-0.2, -0.15) is 0 Å². The van der Waals surface area contributed by atoms with Crippen LogP contribution in [0.2, 0.25) is 0 Å². The van der Waals surface area contributed by atoms with E-state index in [1.54, 1.807) is 7.11 Å². The molecule has 1 atom stereocenters. The molecule has 118 valence electrons. The number of aliphatic hydroxyl groups excluding tert-OH is 1. The second-order valence-electron chi connectivity index (χ2n) is 5.93. The van der Waals surface area contributed by atoms with Crippen molar-refractivity contribution in [2.75, 3.05) is 33.4 Å². The largest absolute Gasteiger partial charge is 0.497 e. The van der Waals surface area contributed by atoms with Gasteiger partial charge >= 0.3 is 0 Å². The van der Waals surface area contributed by atoms with Gasteiger partial charge in [0.15, 0.2) is 0 Å². The van der Waals surface area contributed by atoms with Crippen LogP contribution in [0.3, 0.4) is 0 Å². The molecule has 0 bridgehead atoms. The van der Waals surface area contributed by atoms with E-state index in [1.807, 2.05) is 18.2 Å². The number of rotatable bonds is 5. The number of aliphatic hydroxyl groups is 1. The van der Waals surface area contributed by atoms with Crippen LogP contribution < -0.4 is 4.74 Å². The normalized spacial score (nSPS) is 18.5. The summed E-state index contributed by atoms with van der Waals surface area (Å²) in [6.45, 7) is 7.39. The molecule has 1 aliphatic heterocycles. The van der Waals surface area contributed by atoms with Gasteiger partial charge in [-0.05, 0) is 37.6 Å². The van der Waals surface area contributed by atoms with Crippen molar-refractivity contribution >= 4 is 15.9 Å². The first kappa shape index (κ1) is 16.7. The van der Waals surface area contributed by atoms with E-state index in [0.29, 0.717) is 6.42 Å². The third-order valence-corrected chi connectivity index (χ3v) is 5.08. The highest BCUT2D eigenvalue weighted by Gasteiger charge is 2.35. The topological polar surface area (TPSA) is 41.9 Å². The zero-order valence-electron chi connectivity index (χ0n) is 12.9. The minimum atomic E-state index is -0.459. The van der Waals surface area contributed by atoms with Crippen LogP contribution in [0.25, 0.3) is 0 Å². The first-order valence-electron chi connectivity index (χ1n) is 7.28. The molecule has 1 fully saturated rings. The Morgan fingerprint density at radius 2 is 2.05 bits per heavy atom. The minimum Gasteiger partial charge on any atom is -0.497 e. The van der Waals surface area contributed by atoms with Crippen molar-refractivity contribution < 1.29 is 14.6 Å². The highest BCUT2D eigenvalue weighted by molar-refractivity contribution is 9.10. The number of ether oxygens (including phenoxy) is 2. The van der Waals surface area contributed by atoms with Crippen molar-refractivity contribution in [2.24, 2.45) is 0 Å². The molecule has 0 amide bonds. The monoisotopic (exact) mass is 357 g/mol. The fraction of sp³-hybridized carbons (Fsp3) is 0.625. The number of methoxy groups -OCH3 is 1. The Bertz CT molecular complexity index is 473. The van der Waals surface area contributed by atoms with E-state index in [-0.39, 0.29) is 5.54 Å². The van der Waals surface area contributed by atoms with Crippen molar-refractivity contribution in [2.45, 2.75) is 31.9 Å². The first-order valence-corrected chi connectivity index (χ1v) is 8.07. The molecule has 5 heteroatoms. The van der Waals surface area contributed by atoms with E-state index in [2.05, 4.69) is 34.7 Å². The minimum absolute atomic E-state index is 0.285. The van der Waals surface area contributed by atoms with Crippen LogP contribution in [0, 0.1) is 0 Å². The fourth-order valence-electron chi connectivity index (χ4n) is 2.64. The van der Waals surface area contributed by atoms with Gasteiger partial charge in [0.2, 0.25) is 0 Å². The van der Waals surface area contributed by atoms with Gasteiger partial charge in [0.1, 0.15) is 5.75 Å². The Morgan fingerprint density at radius 1 is 1.38 bits per heavy atom. The molecule has 1 aliphatic rings. The zero-order chi connectivity index (χ0) is 15.5. The van der Waals surface area contributed by atoms with Gasteiger partial charge in [-0.25, -0.2) is 0 Å². The van der Waals surface area contributed by atoms with Gasteiger partial charge in [0, 0.05) is 29.5 Å². The molecule has 2 rings (SSSR count). The molecule has 1 heterocycles. The number of hydrogen-bond acceptors (Lipinski definition) is 4. The summed E-state index contributed by atoms with van der Waals surface area (Å²) in [7, 11) is 1.65. The predicted molar refractivity (Wildman–Crippen MR) is 86.9 cm³/mol. The number of morpholine rings is 1. The van der Waals surface area contributed by atoms with E-state index >= 15 is 0 Å². The maximum atomic E-state index is 10.7. The summed E-state index contributed by atoms with van der Waals surface area (Å²) in [6, 6.07) is 5.85. The third-order valence-electron chi connectivity index (χ3n) is 4.31. The third kappa shape index (κ3) is 3.97. The molecule has 4 nitrogen and oxygen atoms in total. The van der Waals surface area contributed by atoms with E-state index in [9.17, 15) is 5.11 Å². The van der Waals surface area contributed by atoms with Crippen molar-refractivity contribution in [3.8, 4) is 5.75 Å². The molecule has 1 aromatic carbocycles. The molecule has 1 aromatic rings. The first-order chi connectivity index (χ1) is 9.95. The Hall–Kier alpha value is -0.620. The summed E-state index contributed by atoms with van der Waals surface area (Å²) in [5, 5.41) is 10.7. The van der Waals surface area contributed by atoms with Crippen molar-refractivity contribution in [3.05, 3.63) is 28.2 Å². The molecule has 0 aromatic heterocycles. The van der Waals surface area contributed by atoms with Gasteiger partial charge in [-0.15, -0.1) is 0 Å². The quantitative estimate of drug-likeness (QED) is 0.878. The highest BCUT2D eigenvalue weighted by Crippen LogP contribution is 2.28. The Balaban J connectivity index is 2.10. The molecular weight excluding hydrogens is 334 g/mol. The lowest BCUT2D eigenvalue weighted by molar-refractivity contribution is -0.0612. The summed E-state index contributed by atoms with van der Waals surface area (Å²) in [4.78, 5) is 2.30. The number of nitrogens with zero attached hydrogens (tertiary/aromatic N) is 1. The van der Waals surface area contributed by atoms with Gasteiger partial charge < -0.3 is 14.6 Å². The Morgan fingerprint density at radius 3 is 2.67 bits per heavy atom. The Kier molecular flexibility index (Phi) is 5.66. The van der Waals surface area contributed by atoms with E-state index in [4.69, 9.17) is 9.47 Å². The number of benzene rings is 1. The maximum absolute atomic E-state index is 10.7. The SMILES string of the molecule is COc1ccc(Br)c(CC(O)C(C)(C)N2CCOCC2)c1. The summed E-state index contributed by atoms with van der Waals surface area (Å²) >= 11 is 3.55. The van der Waals surface area contributed by atoms with Crippen LogP contribution in [0.4, 0.5) is 0 Å². The molecule has 0 radical (unpaired) electrons. The second kappa shape index (κ2) is 7.09. The molecule has 1 saturated heterocycles. The molecule has 1 unspecified atom stereocenters. The zero-order valence-corrected chi connectivity index (χ0v) is 14.5. The van der Waals surface area contributed by atoms with E-state index < -0.39 is 6.10 Å². The van der Waals surface area contributed by atoms with Crippen LogP contribution in [-0.4, -0.2) is 55.1 Å². The summed E-state index contributed by atoms with van der Waals surface area (Å²) < 4.78 is 11.7. The highest BCUT2D eigenvalue weighted by atomic mass is 79.9. The van der Waals surface area contributed by atoms with Crippen LogP contribution >= 0.6 is 15.9 Å². The van der Waals surface area contributed by atoms with E-state index in [0.717, 1.165) is 42.1 Å². The summed E-state index contributed by atoms with van der Waals surface area (Å²) in [6.07, 6.45) is 0.126. The maximum Gasteiger partial charge on any atom is 0.119 e. The smallest absolute Gasteiger partial charge is 0.119 e. The van der Waals surface area contributed by atoms with Gasteiger partial charge in [-0.3, -0.25) is 4.90 Å². The predicted octanol–water partition coefficient (Wildman–Crippen LogP) is 2.47. The lowest BCUT2D eigenvalue weighted by Gasteiger charge is -2.43. The molecular formula is C16H24BrNO3.